The van der Waals surface area contributed by atoms with Crippen LogP contribution in [0.4, 0.5) is 0 Å². The summed E-state index contributed by atoms with van der Waals surface area (Å²) in [5.41, 5.74) is 2.42. The lowest BCUT2D eigenvalue weighted by Crippen LogP contribution is -2.37. The molecule has 96 valence electrons. The highest BCUT2D eigenvalue weighted by molar-refractivity contribution is 7.15. The van der Waals surface area contributed by atoms with Crippen LogP contribution in [-0.4, -0.2) is 27.6 Å². The first-order valence-corrected chi connectivity index (χ1v) is 7.49. The number of rotatable bonds is 3. The van der Waals surface area contributed by atoms with Crippen molar-refractivity contribution in [1.29, 1.82) is 0 Å². The molecule has 2 aliphatic rings. The minimum Gasteiger partial charge on any atom is -0.373 e. The molecule has 2 saturated heterocycles. The summed E-state index contributed by atoms with van der Waals surface area (Å²) in [7, 11) is 0. The third kappa shape index (κ3) is 1.61. The fourth-order valence-electron chi connectivity index (χ4n) is 3.23. The second kappa shape index (κ2) is 4.05. The number of imidazole rings is 1. The maximum Gasteiger partial charge on any atom is 0.194 e. The summed E-state index contributed by atoms with van der Waals surface area (Å²) in [4.78, 5) is 5.67. The Balaban J connectivity index is 1.51. The van der Waals surface area contributed by atoms with E-state index in [0.29, 0.717) is 18.2 Å². The van der Waals surface area contributed by atoms with Gasteiger partial charge in [0.1, 0.15) is 0 Å². The van der Waals surface area contributed by atoms with Gasteiger partial charge in [0, 0.05) is 24.2 Å². The Hall–Kier alpha value is -0.910. The quantitative estimate of drug-likeness (QED) is 0.922. The molecule has 18 heavy (non-hydrogen) atoms. The second-order valence-corrected chi connectivity index (χ2v) is 6.17. The molecule has 4 rings (SSSR count). The molecular formula is C13H17N3OS. The summed E-state index contributed by atoms with van der Waals surface area (Å²) in [5.74, 6) is 0. The van der Waals surface area contributed by atoms with Gasteiger partial charge in [-0.05, 0) is 26.2 Å². The molecule has 0 aromatic carbocycles. The molecule has 4 nitrogen and oxygen atoms in total. The topological polar surface area (TPSA) is 38.6 Å². The molecule has 0 aliphatic carbocycles. The lowest BCUT2D eigenvalue weighted by Gasteiger charge is -2.20. The first-order chi connectivity index (χ1) is 8.81. The molecule has 2 aromatic rings. The summed E-state index contributed by atoms with van der Waals surface area (Å²) >= 11 is 1.69. The molecule has 0 radical (unpaired) electrons. The fraction of sp³-hybridized carbons (Fsp3) is 0.615. The lowest BCUT2D eigenvalue weighted by molar-refractivity contribution is 0.0972. The average Bonchev–Trinajstić information content (AvgIpc) is 3.06. The Kier molecular flexibility index (Phi) is 2.46. The van der Waals surface area contributed by atoms with Crippen LogP contribution < -0.4 is 5.32 Å². The number of fused-ring (bicyclic) bond motifs is 3. The lowest BCUT2D eigenvalue weighted by atomic mass is 9.95. The molecule has 2 bridgehead atoms. The van der Waals surface area contributed by atoms with E-state index in [1.165, 1.54) is 25.0 Å². The second-order valence-electron chi connectivity index (χ2n) is 5.30. The van der Waals surface area contributed by atoms with E-state index in [1.807, 2.05) is 0 Å². The van der Waals surface area contributed by atoms with Gasteiger partial charge in [-0.25, -0.2) is 4.98 Å². The Bertz CT molecular complexity index is 576. The van der Waals surface area contributed by atoms with Gasteiger partial charge in [-0.2, -0.15) is 0 Å². The fourth-order valence-corrected chi connectivity index (χ4v) is 4.01. The van der Waals surface area contributed by atoms with E-state index in [4.69, 9.17) is 4.74 Å². The molecule has 0 spiro atoms. The summed E-state index contributed by atoms with van der Waals surface area (Å²) in [6, 6.07) is 0.535. The first kappa shape index (κ1) is 11.0. The number of thiazole rings is 1. The van der Waals surface area contributed by atoms with Gasteiger partial charge in [0.2, 0.25) is 0 Å². The number of aromatic nitrogens is 2. The van der Waals surface area contributed by atoms with E-state index in [2.05, 4.69) is 33.2 Å². The highest BCUT2D eigenvalue weighted by Gasteiger charge is 2.40. The van der Waals surface area contributed by atoms with Crippen LogP contribution in [-0.2, 0) is 11.3 Å². The number of ether oxygens (including phenoxy) is 1. The average molecular weight is 263 g/mol. The van der Waals surface area contributed by atoms with Crippen molar-refractivity contribution < 1.29 is 4.74 Å². The molecule has 1 N–H and O–H groups in total. The van der Waals surface area contributed by atoms with Crippen LogP contribution >= 0.6 is 11.3 Å². The van der Waals surface area contributed by atoms with E-state index in [-0.39, 0.29) is 0 Å². The Morgan fingerprint density at radius 2 is 2.50 bits per heavy atom. The molecule has 3 atom stereocenters. The van der Waals surface area contributed by atoms with Crippen molar-refractivity contribution in [1.82, 2.24) is 14.7 Å². The number of hydrogen-bond donors (Lipinski definition) is 1. The molecule has 2 aliphatic heterocycles. The van der Waals surface area contributed by atoms with E-state index in [0.717, 1.165) is 17.2 Å². The normalized spacial score (nSPS) is 30.6. The number of aryl methyl sites for hydroxylation is 1. The molecule has 2 aromatic heterocycles. The molecule has 4 heterocycles. The van der Waals surface area contributed by atoms with Crippen molar-refractivity contribution in [2.45, 2.75) is 51.0 Å². The highest BCUT2D eigenvalue weighted by Crippen LogP contribution is 2.34. The number of hydrogen-bond acceptors (Lipinski definition) is 4. The van der Waals surface area contributed by atoms with Crippen LogP contribution in [0.15, 0.2) is 11.6 Å². The molecule has 5 heteroatoms. The number of nitrogens with zero attached hydrogens (tertiary/aromatic N) is 2. The van der Waals surface area contributed by atoms with Gasteiger partial charge in [-0.15, -0.1) is 11.3 Å². The van der Waals surface area contributed by atoms with Crippen molar-refractivity contribution in [3.05, 3.63) is 23.0 Å². The van der Waals surface area contributed by atoms with Crippen molar-refractivity contribution in [3.8, 4) is 0 Å². The van der Waals surface area contributed by atoms with Gasteiger partial charge in [-0.3, -0.25) is 4.40 Å². The van der Waals surface area contributed by atoms with Gasteiger partial charge >= 0.3 is 0 Å². The van der Waals surface area contributed by atoms with E-state index in [1.54, 1.807) is 11.3 Å². The Labute approximate surface area is 110 Å². The summed E-state index contributed by atoms with van der Waals surface area (Å²) < 4.78 is 8.07. The summed E-state index contributed by atoms with van der Waals surface area (Å²) in [6.45, 7) is 2.98. The van der Waals surface area contributed by atoms with Crippen LogP contribution in [0.1, 0.15) is 30.7 Å². The van der Waals surface area contributed by atoms with Crippen molar-refractivity contribution in [2.24, 2.45) is 0 Å². The van der Waals surface area contributed by atoms with Gasteiger partial charge in [-0.1, -0.05) is 0 Å². The monoisotopic (exact) mass is 263 g/mol. The zero-order valence-corrected chi connectivity index (χ0v) is 11.2. The SMILES string of the molecule is Cc1nc2sccn2c1CNC1CC2CCC1O2. The van der Waals surface area contributed by atoms with E-state index >= 15 is 0 Å². The largest absolute Gasteiger partial charge is 0.373 e. The molecule has 2 fully saturated rings. The van der Waals surface area contributed by atoms with E-state index < -0.39 is 0 Å². The molecule has 0 amide bonds. The van der Waals surface area contributed by atoms with Crippen molar-refractivity contribution in [2.75, 3.05) is 0 Å². The maximum absolute atomic E-state index is 5.87. The summed E-state index contributed by atoms with van der Waals surface area (Å²) in [6.07, 6.45) is 6.72. The van der Waals surface area contributed by atoms with Crippen LogP contribution in [0, 0.1) is 6.92 Å². The predicted molar refractivity (Wildman–Crippen MR) is 70.9 cm³/mol. The number of nitrogens with one attached hydrogen (secondary N) is 1. The Morgan fingerprint density at radius 1 is 1.56 bits per heavy atom. The van der Waals surface area contributed by atoms with Crippen LogP contribution in [0.25, 0.3) is 4.96 Å². The van der Waals surface area contributed by atoms with Crippen LogP contribution in [0.3, 0.4) is 0 Å². The van der Waals surface area contributed by atoms with Gasteiger partial charge in [0.05, 0.1) is 23.6 Å². The smallest absolute Gasteiger partial charge is 0.194 e. The van der Waals surface area contributed by atoms with Gasteiger partial charge in [0.15, 0.2) is 4.96 Å². The molecular weight excluding hydrogens is 246 g/mol. The molecule has 3 unspecified atom stereocenters. The summed E-state index contributed by atoms with van der Waals surface area (Å²) in [5, 5.41) is 5.75. The van der Waals surface area contributed by atoms with Gasteiger partial charge in [0.25, 0.3) is 0 Å². The van der Waals surface area contributed by atoms with E-state index in [9.17, 15) is 0 Å². The third-order valence-electron chi connectivity index (χ3n) is 4.20. The minimum atomic E-state index is 0.446. The standard InChI is InChI=1S/C13H17N3OS/c1-8-11(16-4-5-18-13(16)15-8)7-14-10-6-9-2-3-12(10)17-9/h4-5,9-10,12,14H,2-3,6-7H2,1H3. The van der Waals surface area contributed by atoms with Crippen molar-refractivity contribution in [3.63, 3.8) is 0 Å². The maximum atomic E-state index is 5.87. The minimum absolute atomic E-state index is 0.446. The van der Waals surface area contributed by atoms with Crippen LogP contribution in [0.5, 0.6) is 0 Å². The zero-order valence-electron chi connectivity index (χ0n) is 10.4. The Morgan fingerprint density at radius 3 is 3.28 bits per heavy atom. The van der Waals surface area contributed by atoms with Gasteiger partial charge < -0.3 is 10.1 Å². The highest BCUT2D eigenvalue weighted by atomic mass is 32.1. The molecule has 0 saturated carbocycles. The van der Waals surface area contributed by atoms with Crippen molar-refractivity contribution >= 4 is 16.3 Å². The van der Waals surface area contributed by atoms with Crippen LogP contribution in [0.2, 0.25) is 0 Å². The third-order valence-corrected chi connectivity index (χ3v) is 4.96. The predicted octanol–water partition coefficient (Wildman–Crippen LogP) is 2.11. The first-order valence-electron chi connectivity index (χ1n) is 6.61. The zero-order chi connectivity index (χ0) is 12.1.